The number of piperidine rings is 1. The number of likely N-dealkylation sites (tertiary alicyclic amines) is 1. The van der Waals surface area contributed by atoms with Gasteiger partial charge in [0.05, 0.1) is 22.9 Å². The van der Waals surface area contributed by atoms with E-state index in [4.69, 9.17) is 14.8 Å². The zero-order valence-corrected chi connectivity index (χ0v) is 22.4. The summed E-state index contributed by atoms with van der Waals surface area (Å²) in [6, 6.07) is 6.63. The summed E-state index contributed by atoms with van der Waals surface area (Å²) in [5.74, 6) is -0.362. The average molecular weight is 547 g/mol. The summed E-state index contributed by atoms with van der Waals surface area (Å²) < 4.78 is 47.2. The number of nitrogens with zero attached hydrogens (tertiary/aromatic N) is 3. The molecular formula is C28H33F3N4O4. The maximum Gasteiger partial charge on any atom is 0.416 e. The van der Waals surface area contributed by atoms with E-state index >= 15 is 0 Å². The molecule has 1 fully saturated rings. The Morgan fingerprint density at radius 3 is 2.36 bits per heavy atom. The highest BCUT2D eigenvalue weighted by atomic mass is 19.4. The van der Waals surface area contributed by atoms with Crippen molar-refractivity contribution in [1.29, 1.82) is 0 Å². The van der Waals surface area contributed by atoms with Crippen LogP contribution >= 0.6 is 0 Å². The van der Waals surface area contributed by atoms with E-state index in [0.29, 0.717) is 66.1 Å². The molecule has 39 heavy (non-hydrogen) atoms. The van der Waals surface area contributed by atoms with Gasteiger partial charge in [-0.3, -0.25) is 9.59 Å². The summed E-state index contributed by atoms with van der Waals surface area (Å²) in [6.45, 7) is 5.95. The fourth-order valence-electron chi connectivity index (χ4n) is 4.92. The second-order valence-corrected chi connectivity index (χ2v) is 9.98. The van der Waals surface area contributed by atoms with Gasteiger partial charge in [0.15, 0.2) is 11.4 Å². The molecule has 0 radical (unpaired) electrons. The molecule has 0 bridgehead atoms. The number of alkyl halides is 3. The number of aromatic nitrogens is 2. The molecule has 2 amide bonds. The van der Waals surface area contributed by atoms with Gasteiger partial charge in [-0.2, -0.15) is 13.2 Å². The van der Waals surface area contributed by atoms with Gasteiger partial charge >= 0.3 is 6.18 Å². The molecule has 1 aromatic carbocycles. The van der Waals surface area contributed by atoms with Crippen LogP contribution in [-0.2, 0) is 24.4 Å². The molecule has 0 unspecified atom stereocenters. The van der Waals surface area contributed by atoms with Gasteiger partial charge in [0.2, 0.25) is 5.91 Å². The molecule has 0 aliphatic carbocycles. The molecule has 4 rings (SSSR count). The van der Waals surface area contributed by atoms with Crippen LogP contribution in [0.5, 0.6) is 5.75 Å². The molecular weight excluding hydrogens is 513 g/mol. The first kappa shape index (κ1) is 28.4. The number of ether oxygens (including phenoxy) is 1. The quantitative estimate of drug-likeness (QED) is 0.460. The fraction of sp³-hybridized carbons (Fsp3) is 0.464. The highest BCUT2D eigenvalue weighted by Crippen LogP contribution is 2.37. The SMILES string of the molecule is CCc1cc2c(nc1-c1ccc(C(F)(F)F)cc1)c(OC(C)C)c(C(=O)NC1CCN(C(=O)CO)CC1)n2C. The molecule has 210 valence electrons. The van der Waals surface area contributed by atoms with Crippen molar-refractivity contribution in [3.05, 3.63) is 47.2 Å². The summed E-state index contributed by atoms with van der Waals surface area (Å²) in [5.41, 5.74) is 2.58. The number of carbonyl (C=O) groups excluding carboxylic acids is 2. The van der Waals surface area contributed by atoms with Gasteiger partial charge in [0, 0.05) is 31.7 Å². The Hall–Kier alpha value is -3.60. The third-order valence-electron chi connectivity index (χ3n) is 6.96. The smallest absolute Gasteiger partial charge is 0.416 e. The number of hydrogen-bond donors (Lipinski definition) is 2. The Balaban J connectivity index is 1.72. The van der Waals surface area contributed by atoms with E-state index in [1.54, 1.807) is 16.5 Å². The third-order valence-corrected chi connectivity index (χ3v) is 6.96. The molecule has 3 heterocycles. The highest BCUT2D eigenvalue weighted by Gasteiger charge is 2.31. The van der Waals surface area contributed by atoms with Crippen molar-refractivity contribution < 1.29 is 32.6 Å². The Morgan fingerprint density at radius 1 is 1.18 bits per heavy atom. The maximum absolute atomic E-state index is 13.6. The van der Waals surface area contributed by atoms with Gasteiger partial charge < -0.3 is 24.6 Å². The van der Waals surface area contributed by atoms with Crippen LogP contribution < -0.4 is 10.1 Å². The van der Waals surface area contributed by atoms with Crippen LogP contribution in [0.2, 0.25) is 0 Å². The van der Waals surface area contributed by atoms with Crippen LogP contribution in [0.4, 0.5) is 13.2 Å². The van der Waals surface area contributed by atoms with Crippen molar-refractivity contribution in [2.24, 2.45) is 7.05 Å². The van der Waals surface area contributed by atoms with Crippen molar-refractivity contribution in [2.75, 3.05) is 19.7 Å². The normalized spacial score (nSPS) is 14.7. The highest BCUT2D eigenvalue weighted by molar-refractivity contribution is 6.03. The Labute approximate surface area is 224 Å². The molecule has 11 heteroatoms. The minimum absolute atomic E-state index is 0.160. The van der Waals surface area contributed by atoms with Crippen molar-refractivity contribution >= 4 is 22.8 Å². The first-order valence-corrected chi connectivity index (χ1v) is 13.0. The van der Waals surface area contributed by atoms with Gasteiger partial charge in [-0.15, -0.1) is 0 Å². The standard InChI is InChI=1S/C28H33F3N4O4/c1-5-17-14-21-24(33-23(17)18-6-8-19(9-7-18)28(29,30)31)26(39-16(2)3)25(34(21)4)27(38)32-20-10-12-35(13-11-20)22(37)15-36/h6-9,14,16,20,36H,5,10-13,15H2,1-4H3,(H,32,38). The molecule has 0 saturated carbocycles. The van der Waals surface area contributed by atoms with Gasteiger partial charge in [0.1, 0.15) is 12.1 Å². The van der Waals surface area contributed by atoms with Crippen LogP contribution in [0.1, 0.15) is 55.2 Å². The number of halogens is 3. The van der Waals surface area contributed by atoms with Crippen molar-refractivity contribution in [3.8, 4) is 17.0 Å². The first-order chi connectivity index (χ1) is 18.4. The number of benzene rings is 1. The lowest BCUT2D eigenvalue weighted by molar-refractivity contribution is -0.137. The van der Waals surface area contributed by atoms with Gasteiger partial charge in [-0.25, -0.2) is 4.98 Å². The van der Waals surface area contributed by atoms with E-state index in [2.05, 4.69) is 5.32 Å². The minimum atomic E-state index is -4.44. The van der Waals surface area contributed by atoms with Crippen molar-refractivity contribution in [3.63, 3.8) is 0 Å². The number of aliphatic hydroxyl groups excluding tert-OH is 1. The number of hydrogen-bond acceptors (Lipinski definition) is 5. The molecule has 8 nitrogen and oxygen atoms in total. The lowest BCUT2D eigenvalue weighted by Crippen LogP contribution is -2.47. The van der Waals surface area contributed by atoms with Gasteiger partial charge in [-0.1, -0.05) is 19.1 Å². The molecule has 3 aromatic rings. The predicted octanol–water partition coefficient (Wildman–Crippen LogP) is 4.32. The topological polar surface area (TPSA) is 96.7 Å². The maximum atomic E-state index is 13.6. The van der Waals surface area contributed by atoms with Crippen LogP contribution in [0.3, 0.4) is 0 Å². The number of nitrogens with one attached hydrogen (secondary N) is 1. The summed E-state index contributed by atoms with van der Waals surface area (Å²) in [7, 11) is 1.76. The van der Waals surface area contributed by atoms with Gasteiger partial charge in [0.25, 0.3) is 5.91 Å². The van der Waals surface area contributed by atoms with E-state index in [1.165, 1.54) is 12.1 Å². The Morgan fingerprint density at radius 2 is 1.82 bits per heavy atom. The van der Waals surface area contributed by atoms with E-state index in [9.17, 15) is 22.8 Å². The number of pyridine rings is 1. The molecule has 2 aromatic heterocycles. The zero-order chi connectivity index (χ0) is 28.5. The lowest BCUT2D eigenvalue weighted by atomic mass is 10.0. The second kappa shape index (κ2) is 11.3. The van der Waals surface area contributed by atoms with Gasteiger partial charge in [-0.05, 0) is 56.9 Å². The molecule has 0 atom stereocenters. The third kappa shape index (κ3) is 5.88. The van der Waals surface area contributed by atoms with E-state index < -0.39 is 18.3 Å². The number of carbonyl (C=O) groups is 2. The van der Waals surface area contributed by atoms with Crippen LogP contribution in [-0.4, -0.2) is 63.2 Å². The largest absolute Gasteiger partial charge is 0.486 e. The lowest BCUT2D eigenvalue weighted by Gasteiger charge is -2.32. The van der Waals surface area contributed by atoms with Crippen molar-refractivity contribution in [2.45, 2.75) is 58.4 Å². The summed E-state index contributed by atoms with van der Waals surface area (Å²) in [6.07, 6.45) is -3.01. The fourth-order valence-corrected chi connectivity index (χ4v) is 4.92. The van der Waals surface area contributed by atoms with Crippen LogP contribution in [0, 0.1) is 0 Å². The predicted molar refractivity (Wildman–Crippen MR) is 140 cm³/mol. The van der Waals surface area contributed by atoms with Crippen LogP contribution in [0.15, 0.2) is 30.3 Å². The first-order valence-electron chi connectivity index (χ1n) is 13.0. The van der Waals surface area contributed by atoms with Crippen molar-refractivity contribution in [1.82, 2.24) is 19.8 Å². The molecule has 1 aliphatic heterocycles. The molecule has 2 N–H and O–H groups in total. The summed E-state index contributed by atoms with van der Waals surface area (Å²) in [4.78, 5) is 31.7. The zero-order valence-electron chi connectivity index (χ0n) is 22.4. The summed E-state index contributed by atoms with van der Waals surface area (Å²) >= 11 is 0. The minimum Gasteiger partial charge on any atom is -0.486 e. The number of amides is 2. The molecule has 1 aliphatic rings. The average Bonchev–Trinajstić information content (AvgIpc) is 3.17. The van der Waals surface area contributed by atoms with E-state index in [-0.39, 0.29) is 24.0 Å². The summed E-state index contributed by atoms with van der Waals surface area (Å²) in [5, 5.41) is 12.1. The molecule has 1 saturated heterocycles. The van der Waals surface area contributed by atoms with E-state index in [0.717, 1.165) is 17.7 Å². The van der Waals surface area contributed by atoms with Crippen LogP contribution in [0.25, 0.3) is 22.3 Å². The Bertz CT molecular complexity index is 1360. The Kier molecular flexibility index (Phi) is 8.20. The monoisotopic (exact) mass is 546 g/mol. The second-order valence-electron chi connectivity index (χ2n) is 9.98. The van der Waals surface area contributed by atoms with E-state index in [1.807, 2.05) is 26.8 Å². The number of aryl methyl sites for hydroxylation is 2. The molecule has 0 spiro atoms. The number of rotatable bonds is 7. The number of fused-ring (bicyclic) bond motifs is 1. The number of aliphatic hydroxyl groups is 1.